The number of H-pyrrole nitrogens is 1. The van der Waals surface area contributed by atoms with Crippen LogP contribution >= 0.6 is 0 Å². The van der Waals surface area contributed by atoms with Gasteiger partial charge in [0.05, 0.1) is 22.8 Å². The molecule has 1 aromatic carbocycles. The van der Waals surface area contributed by atoms with Gasteiger partial charge in [-0.25, -0.2) is 15.0 Å². The Bertz CT molecular complexity index is 1150. The quantitative estimate of drug-likeness (QED) is 0.309. The SMILES string of the molecule is NC1CCCCC1.NCC(Nc1nccc(-c2[nH]nc3nc(N)ncc23)n1)c1ccccc1. The number of aromatic nitrogens is 6. The van der Waals surface area contributed by atoms with Crippen LogP contribution in [0.15, 0.2) is 48.8 Å². The fourth-order valence-corrected chi connectivity index (χ4v) is 3.83. The summed E-state index contributed by atoms with van der Waals surface area (Å²) in [7, 11) is 0. The number of hydrogen-bond donors (Lipinski definition) is 5. The van der Waals surface area contributed by atoms with Crippen LogP contribution in [0.2, 0.25) is 0 Å². The lowest BCUT2D eigenvalue weighted by Crippen LogP contribution is -2.22. The van der Waals surface area contributed by atoms with Crippen molar-refractivity contribution in [2.75, 3.05) is 17.6 Å². The van der Waals surface area contributed by atoms with Crippen LogP contribution in [0.25, 0.3) is 22.4 Å². The molecule has 1 fully saturated rings. The largest absolute Gasteiger partial charge is 0.368 e. The van der Waals surface area contributed by atoms with Crippen LogP contribution in [0.4, 0.5) is 11.9 Å². The lowest BCUT2D eigenvalue weighted by molar-refractivity contribution is 0.441. The van der Waals surface area contributed by atoms with Gasteiger partial charge in [-0.2, -0.15) is 10.1 Å². The molecule has 8 N–H and O–H groups in total. The Labute approximate surface area is 192 Å². The molecule has 172 valence electrons. The maximum absolute atomic E-state index is 5.91. The van der Waals surface area contributed by atoms with Gasteiger partial charge < -0.3 is 22.5 Å². The Balaban J connectivity index is 0.000000318. The molecule has 1 saturated carbocycles. The van der Waals surface area contributed by atoms with Gasteiger partial charge in [-0.1, -0.05) is 49.6 Å². The molecule has 1 unspecified atom stereocenters. The predicted octanol–water partition coefficient (Wildman–Crippen LogP) is 2.78. The highest BCUT2D eigenvalue weighted by atomic mass is 15.2. The van der Waals surface area contributed by atoms with Crippen LogP contribution in [0.5, 0.6) is 0 Å². The first kappa shape index (κ1) is 22.6. The molecular weight excluding hydrogens is 416 g/mol. The third-order valence-corrected chi connectivity index (χ3v) is 5.63. The van der Waals surface area contributed by atoms with Crippen LogP contribution in [0, 0.1) is 0 Å². The minimum Gasteiger partial charge on any atom is -0.368 e. The maximum Gasteiger partial charge on any atom is 0.223 e. The Kier molecular flexibility index (Phi) is 7.38. The smallest absolute Gasteiger partial charge is 0.223 e. The van der Waals surface area contributed by atoms with E-state index in [4.69, 9.17) is 17.2 Å². The van der Waals surface area contributed by atoms with E-state index in [2.05, 4.69) is 35.5 Å². The van der Waals surface area contributed by atoms with Crippen LogP contribution in [0.3, 0.4) is 0 Å². The summed E-state index contributed by atoms with van der Waals surface area (Å²) < 4.78 is 0. The van der Waals surface area contributed by atoms with E-state index >= 15 is 0 Å². The van der Waals surface area contributed by atoms with Crippen molar-refractivity contribution in [2.45, 2.75) is 44.2 Å². The minimum atomic E-state index is -0.0897. The summed E-state index contributed by atoms with van der Waals surface area (Å²) in [6.07, 6.45) is 9.96. The van der Waals surface area contributed by atoms with Crippen molar-refractivity contribution in [3.63, 3.8) is 0 Å². The number of nitrogens with one attached hydrogen (secondary N) is 2. The van der Waals surface area contributed by atoms with Gasteiger partial charge in [0.15, 0.2) is 5.65 Å². The molecule has 0 amide bonds. The summed E-state index contributed by atoms with van der Waals surface area (Å²) >= 11 is 0. The molecule has 0 bridgehead atoms. The molecule has 10 nitrogen and oxygen atoms in total. The van der Waals surface area contributed by atoms with Crippen molar-refractivity contribution in [3.8, 4) is 11.4 Å². The summed E-state index contributed by atoms with van der Waals surface area (Å²) in [5, 5.41) is 11.1. The number of fused-ring (bicyclic) bond motifs is 1. The van der Waals surface area contributed by atoms with Gasteiger partial charge in [0.25, 0.3) is 0 Å². The second-order valence-electron chi connectivity index (χ2n) is 8.07. The molecule has 0 aliphatic heterocycles. The zero-order chi connectivity index (χ0) is 23.0. The molecule has 33 heavy (non-hydrogen) atoms. The molecule has 10 heteroatoms. The normalized spacial score (nSPS) is 15.0. The maximum atomic E-state index is 5.91. The van der Waals surface area contributed by atoms with E-state index < -0.39 is 0 Å². The van der Waals surface area contributed by atoms with Crippen molar-refractivity contribution in [3.05, 3.63) is 54.4 Å². The summed E-state index contributed by atoms with van der Waals surface area (Å²) in [6.45, 7) is 0.414. The third kappa shape index (κ3) is 5.79. The Hall–Kier alpha value is -3.63. The lowest BCUT2D eigenvalue weighted by atomic mass is 9.97. The first-order valence-corrected chi connectivity index (χ1v) is 11.2. The minimum absolute atomic E-state index is 0.0897. The van der Waals surface area contributed by atoms with Crippen LogP contribution < -0.4 is 22.5 Å². The van der Waals surface area contributed by atoms with Crippen molar-refractivity contribution in [1.29, 1.82) is 0 Å². The molecular formula is C23H30N10. The predicted molar refractivity (Wildman–Crippen MR) is 130 cm³/mol. The summed E-state index contributed by atoms with van der Waals surface area (Å²) in [5.74, 6) is 0.648. The summed E-state index contributed by atoms with van der Waals surface area (Å²) in [4.78, 5) is 17.0. The number of nitrogen functional groups attached to an aromatic ring is 1. The number of aromatic amines is 1. The van der Waals surface area contributed by atoms with E-state index in [0.717, 1.165) is 10.9 Å². The second-order valence-corrected chi connectivity index (χ2v) is 8.07. The zero-order valence-electron chi connectivity index (χ0n) is 18.5. The number of nitrogens with zero attached hydrogens (tertiary/aromatic N) is 5. The molecule has 1 aliphatic carbocycles. The Morgan fingerprint density at radius 1 is 1.03 bits per heavy atom. The van der Waals surface area contributed by atoms with Gasteiger partial charge in [0.2, 0.25) is 11.9 Å². The number of rotatable bonds is 5. The Morgan fingerprint density at radius 3 is 2.52 bits per heavy atom. The van der Waals surface area contributed by atoms with E-state index in [1.807, 2.05) is 30.3 Å². The van der Waals surface area contributed by atoms with Crippen molar-refractivity contribution < 1.29 is 0 Å². The van der Waals surface area contributed by atoms with Gasteiger partial charge in [-0.3, -0.25) is 5.10 Å². The summed E-state index contributed by atoms with van der Waals surface area (Å²) in [5.41, 5.74) is 20.1. The standard InChI is InChI=1S/C17H17N9.C6H13N/c18-8-13(10-4-2-1-3-5-10)23-17-20-7-6-12(22-17)14-11-9-21-16(19)24-15(11)26-25-14;7-6-4-2-1-3-5-6/h1-7,9,13H,8,18H2,(H,20,22,23)(H3,19,21,24,25,26);6H,1-5,7H2. The number of hydrogen-bond acceptors (Lipinski definition) is 9. The lowest BCUT2D eigenvalue weighted by Gasteiger charge is -2.17. The van der Waals surface area contributed by atoms with Crippen LogP contribution in [-0.2, 0) is 0 Å². The van der Waals surface area contributed by atoms with E-state index in [-0.39, 0.29) is 12.0 Å². The van der Waals surface area contributed by atoms with Gasteiger partial charge in [0, 0.05) is 25.0 Å². The third-order valence-electron chi connectivity index (χ3n) is 5.63. The highest BCUT2D eigenvalue weighted by molar-refractivity contribution is 5.89. The van der Waals surface area contributed by atoms with Crippen molar-refractivity contribution in [2.24, 2.45) is 11.5 Å². The molecule has 3 heterocycles. The highest BCUT2D eigenvalue weighted by Gasteiger charge is 2.14. The van der Waals surface area contributed by atoms with E-state index in [1.54, 1.807) is 18.5 Å². The monoisotopic (exact) mass is 446 g/mol. The number of nitrogens with two attached hydrogens (primary N) is 3. The average molecular weight is 447 g/mol. The zero-order valence-corrected chi connectivity index (χ0v) is 18.5. The summed E-state index contributed by atoms with van der Waals surface area (Å²) in [6, 6.07) is 12.2. The van der Waals surface area contributed by atoms with Gasteiger partial charge in [0.1, 0.15) is 0 Å². The van der Waals surface area contributed by atoms with Crippen LogP contribution in [0.1, 0.15) is 43.7 Å². The molecule has 0 radical (unpaired) electrons. The molecule has 4 aromatic rings. The van der Waals surface area contributed by atoms with Crippen LogP contribution in [-0.4, -0.2) is 42.7 Å². The second kappa shape index (κ2) is 10.8. The van der Waals surface area contributed by atoms with Crippen molar-refractivity contribution >= 4 is 22.9 Å². The molecule has 0 saturated heterocycles. The van der Waals surface area contributed by atoms with Crippen molar-refractivity contribution in [1.82, 2.24) is 30.1 Å². The molecule has 0 spiro atoms. The van der Waals surface area contributed by atoms with Gasteiger partial charge in [-0.15, -0.1) is 0 Å². The Morgan fingerprint density at radius 2 is 1.82 bits per heavy atom. The fourth-order valence-electron chi connectivity index (χ4n) is 3.83. The topological polar surface area (TPSA) is 170 Å². The molecule has 1 atom stereocenters. The van der Waals surface area contributed by atoms with E-state index in [1.165, 1.54) is 32.1 Å². The average Bonchev–Trinajstić information content (AvgIpc) is 3.27. The van der Waals surface area contributed by atoms with E-state index in [0.29, 0.717) is 35.6 Å². The van der Waals surface area contributed by atoms with Gasteiger partial charge in [-0.05, 0) is 24.5 Å². The molecule has 1 aliphatic rings. The fraction of sp³-hybridized carbons (Fsp3) is 0.348. The molecule has 5 rings (SSSR count). The first-order chi connectivity index (χ1) is 16.1. The number of benzene rings is 1. The number of anilines is 2. The van der Waals surface area contributed by atoms with E-state index in [9.17, 15) is 0 Å². The highest BCUT2D eigenvalue weighted by Crippen LogP contribution is 2.24. The first-order valence-electron chi connectivity index (χ1n) is 11.2. The molecule has 3 aromatic heterocycles. The van der Waals surface area contributed by atoms with Gasteiger partial charge >= 0.3 is 0 Å².